The number of nitrogens with two attached hydrogens (primary N) is 1. The Bertz CT molecular complexity index is 1040. The minimum Gasteiger partial charge on any atom is -0.389 e. The third-order valence-electron chi connectivity index (χ3n) is 3.41. The molecule has 0 aliphatic rings. The molecule has 0 saturated heterocycles. The van der Waals surface area contributed by atoms with Gasteiger partial charge in [-0.1, -0.05) is 18.1 Å². The summed E-state index contributed by atoms with van der Waals surface area (Å²) in [4.78, 5) is 8.68. The van der Waals surface area contributed by atoms with Gasteiger partial charge in [0.2, 0.25) is 0 Å². The minimum atomic E-state index is -1.09. The average Bonchev–Trinajstić information content (AvgIpc) is 2.93. The molecule has 0 radical (unpaired) electrons. The highest BCUT2D eigenvalue weighted by Crippen LogP contribution is 2.30. The third-order valence-corrected chi connectivity index (χ3v) is 3.41. The molecule has 1 aromatic carbocycles. The van der Waals surface area contributed by atoms with Crippen LogP contribution in [0.15, 0.2) is 24.2 Å². The normalized spacial score (nSPS) is 14.8. The van der Waals surface area contributed by atoms with Crippen molar-refractivity contribution < 1.29 is 15.3 Å². The summed E-state index contributed by atoms with van der Waals surface area (Å²) in [5, 5.41) is 10.6. The largest absolute Gasteiger partial charge is 0.389 e. The lowest BCUT2D eigenvalue weighted by Crippen LogP contribution is -2.27. The Morgan fingerprint density at radius 2 is 2.09 bits per heavy atom. The van der Waals surface area contributed by atoms with E-state index in [0.717, 1.165) is 0 Å². The number of para-hydroxylation sites is 1. The van der Waals surface area contributed by atoms with E-state index in [4.69, 9.17) is 16.0 Å². The van der Waals surface area contributed by atoms with Crippen LogP contribution < -0.4 is 5.73 Å². The second kappa shape index (κ2) is 5.79. The van der Waals surface area contributed by atoms with Crippen molar-refractivity contribution >= 4 is 27.8 Å². The molecule has 0 amide bonds. The number of hydrogen-bond acceptors (Lipinski definition) is 5. The van der Waals surface area contributed by atoms with Gasteiger partial charge in [0.25, 0.3) is 0 Å². The fourth-order valence-corrected chi connectivity index (χ4v) is 2.53. The highest BCUT2D eigenvalue weighted by Gasteiger charge is 2.22. The van der Waals surface area contributed by atoms with Crippen LogP contribution >= 0.6 is 0 Å². The Hall–Kier alpha value is -2.18. The van der Waals surface area contributed by atoms with Crippen molar-refractivity contribution in [2.45, 2.75) is 39.5 Å². The van der Waals surface area contributed by atoms with Gasteiger partial charge in [-0.2, -0.15) is 0 Å². The maximum absolute atomic E-state index is 10.4. The van der Waals surface area contributed by atoms with Crippen LogP contribution in [-0.2, 0) is 17.9 Å². The zero-order valence-electron chi connectivity index (χ0n) is 17.4. The number of anilines is 1. The predicted octanol–water partition coefficient (Wildman–Crippen LogP) is 2.47. The van der Waals surface area contributed by atoms with Gasteiger partial charge in [-0.3, -0.25) is 0 Å². The molecule has 0 fully saturated rings. The number of imidazole rings is 1. The quantitative estimate of drug-likeness (QED) is 0.755. The molecule has 3 rings (SSSR count). The smallest absolute Gasteiger partial charge is 0.152 e. The van der Waals surface area contributed by atoms with Crippen LogP contribution in [0.3, 0.4) is 0 Å². The van der Waals surface area contributed by atoms with Gasteiger partial charge in [0, 0.05) is 12.0 Å². The first-order valence-electron chi connectivity index (χ1n) is 9.41. The molecule has 23 heavy (non-hydrogen) atoms. The standard InChI is InChI=1S/C17H22N4O2/c1-4-23-9-13-20-14-15(21(13)10-17(2,3)22)11-7-5-6-8-12(11)19-16(14)18/h5-8,22H,4,9-10H2,1-3H3,(H2,18,19)/i5D,6D,7D,8D. The number of aromatic nitrogens is 3. The predicted molar refractivity (Wildman–Crippen MR) is 91.1 cm³/mol. The van der Waals surface area contributed by atoms with Crippen molar-refractivity contribution in [2.24, 2.45) is 0 Å². The van der Waals surface area contributed by atoms with Gasteiger partial charge >= 0.3 is 0 Å². The highest BCUT2D eigenvalue weighted by molar-refractivity contribution is 6.06. The molecule has 0 aliphatic carbocycles. The maximum Gasteiger partial charge on any atom is 0.152 e. The molecule has 122 valence electrons. The summed E-state index contributed by atoms with van der Waals surface area (Å²) >= 11 is 0. The zero-order chi connectivity index (χ0) is 20.1. The van der Waals surface area contributed by atoms with Crippen molar-refractivity contribution in [3.63, 3.8) is 0 Å². The van der Waals surface area contributed by atoms with E-state index in [9.17, 15) is 5.11 Å². The van der Waals surface area contributed by atoms with Crippen molar-refractivity contribution in [3.8, 4) is 0 Å². The molecule has 3 aromatic rings. The Morgan fingerprint density at radius 3 is 2.78 bits per heavy atom. The van der Waals surface area contributed by atoms with Crippen molar-refractivity contribution in [1.29, 1.82) is 0 Å². The summed E-state index contributed by atoms with van der Waals surface area (Å²) in [7, 11) is 0. The fourth-order valence-electron chi connectivity index (χ4n) is 2.53. The summed E-state index contributed by atoms with van der Waals surface area (Å²) < 4.78 is 39.6. The lowest BCUT2D eigenvalue weighted by molar-refractivity contribution is 0.0582. The number of aliphatic hydroxyl groups is 1. The first kappa shape index (κ1) is 11.4. The van der Waals surface area contributed by atoms with E-state index in [0.29, 0.717) is 23.5 Å². The molecular weight excluding hydrogens is 292 g/mol. The second-order valence-electron chi connectivity index (χ2n) is 5.98. The van der Waals surface area contributed by atoms with Crippen LogP contribution in [0, 0.1) is 0 Å². The minimum absolute atomic E-state index is 0.0646. The van der Waals surface area contributed by atoms with Gasteiger partial charge in [-0.05, 0) is 26.8 Å². The van der Waals surface area contributed by atoms with E-state index in [2.05, 4.69) is 9.97 Å². The summed E-state index contributed by atoms with van der Waals surface area (Å²) in [5.74, 6) is 0.567. The molecule has 0 bridgehead atoms. The first-order chi connectivity index (χ1) is 12.6. The lowest BCUT2D eigenvalue weighted by Gasteiger charge is -2.20. The highest BCUT2D eigenvalue weighted by atomic mass is 16.5. The van der Waals surface area contributed by atoms with E-state index in [1.807, 2.05) is 6.92 Å². The fraction of sp³-hybridized carbons (Fsp3) is 0.412. The van der Waals surface area contributed by atoms with Gasteiger partial charge in [0.05, 0.1) is 28.7 Å². The SMILES string of the molecule is [2H]c1c([2H])c([2H])c2c(nc(N)c3nc(COCC)n(CC(C)(C)O)c32)c1[2H]. The van der Waals surface area contributed by atoms with Gasteiger partial charge in [0.1, 0.15) is 17.9 Å². The van der Waals surface area contributed by atoms with Crippen LogP contribution in [0.2, 0.25) is 0 Å². The molecule has 3 N–H and O–H groups in total. The monoisotopic (exact) mass is 318 g/mol. The van der Waals surface area contributed by atoms with Crippen LogP contribution in [-0.4, -0.2) is 31.8 Å². The Morgan fingerprint density at radius 1 is 1.35 bits per heavy atom. The lowest BCUT2D eigenvalue weighted by atomic mass is 10.1. The molecule has 2 aromatic heterocycles. The first-order valence-corrected chi connectivity index (χ1v) is 7.41. The Balaban J connectivity index is 2.50. The number of fused-ring (bicyclic) bond motifs is 3. The zero-order valence-corrected chi connectivity index (χ0v) is 13.4. The molecular formula is C17H22N4O2. The van der Waals surface area contributed by atoms with Crippen LogP contribution in [0.5, 0.6) is 0 Å². The topological polar surface area (TPSA) is 86.2 Å². The molecule has 0 atom stereocenters. The van der Waals surface area contributed by atoms with E-state index < -0.39 is 5.60 Å². The number of benzene rings is 1. The van der Waals surface area contributed by atoms with Crippen LogP contribution in [0.4, 0.5) is 5.82 Å². The van der Waals surface area contributed by atoms with Gasteiger partial charge in [0.15, 0.2) is 5.82 Å². The number of rotatable bonds is 5. The van der Waals surface area contributed by atoms with Crippen LogP contribution in [0.25, 0.3) is 21.9 Å². The third kappa shape index (κ3) is 3.00. The number of nitrogen functional groups attached to an aromatic ring is 1. The summed E-state index contributed by atoms with van der Waals surface area (Å²) in [6, 6.07) is -1.21. The van der Waals surface area contributed by atoms with Crippen molar-refractivity contribution in [1.82, 2.24) is 14.5 Å². The molecule has 2 heterocycles. The van der Waals surface area contributed by atoms with Gasteiger partial charge < -0.3 is 20.1 Å². The van der Waals surface area contributed by atoms with Crippen molar-refractivity contribution in [3.05, 3.63) is 30.0 Å². The second-order valence-corrected chi connectivity index (χ2v) is 5.98. The number of nitrogens with zero attached hydrogens (tertiary/aromatic N) is 3. The molecule has 6 heteroatoms. The number of pyridine rings is 1. The molecule has 0 saturated carbocycles. The summed E-state index contributed by atoms with van der Waals surface area (Å²) in [6.45, 7) is 5.93. The van der Waals surface area contributed by atoms with Crippen LogP contribution in [0.1, 0.15) is 32.1 Å². The number of hydrogen-bond donors (Lipinski definition) is 2. The van der Waals surface area contributed by atoms with Gasteiger partial charge in [-0.25, -0.2) is 9.97 Å². The molecule has 0 spiro atoms. The van der Waals surface area contributed by atoms with E-state index in [1.54, 1.807) is 18.4 Å². The van der Waals surface area contributed by atoms with E-state index in [-0.39, 0.29) is 54.0 Å². The summed E-state index contributed by atoms with van der Waals surface area (Å²) in [6.07, 6.45) is 0. The van der Waals surface area contributed by atoms with Gasteiger partial charge in [-0.15, -0.1) is 0 Å². The Kier molecular flexibility index (Phi) is 2.86. The van der Waals surface area contributed by atoms with Crippen molar-refractivity contribution in [2.75, 3.05) is 12.3 Å². The number of ether oxygens (including phenoxy) is 1. The molecule has 0 aliphatic heterocycles. The van der Waals surface area contributed by atoms with E-state index >= 15 is 0 Å². The molecule has 6 nitrogen and oxygen atoms in total. The summed E-state index contributed by atoms with van der Waals surface area (Å²) in [5.41, 5.74) is 5.79. The maximum atomic E-state index is 10.4. The average molecular weight is 318 g/mol. The van der Waals surface area contributed by atoms with E-state index in [1.165, 1.54) is 0 Å². The molecule has 0 unspecified atom stereocenters. The Labute approximate surface area is 140 Å².